The zero-order chi connectivity index (χ0) is 15.8. The lowest BCUT2D eigenvalue weighted by Gasteiger charge is -2.17. The minimum absolute atomic E-state index is 0.00587. The second kappa shape index (κ2) is 5.78. The van der Waals surface area contributed by atoms with Crippen molar-refractivity contribution in [2.24, 2.45) is 5.73 Å². The molecule has 0 fully saturated rings. The van der Waals surface area contributed by atoms with Gasteiger partial charge in [-0.05, 0) is 54.9 Å². The minimum atomic E-state index is -0.181. The summed E-state index contributed by atoms with van der Waals surface area (Å²) >= 11 is 0. The number of carbonyl (C=O) groups excluding carboxylic acids is 1. The molecule has 0 radical (unpaired) electrons. The van der Waals surface area contributed by atoms with Gasteiger partial charge in [0.15, 0.2) is 0 Å². The summed E-state index contributed by atoms with van der Waals surface area (Å²) in [7, 11) is 0. The molecule has 1 aromatic heterocycles. The standard InChI is InChI=1S/C19H21N3O/c20-16-11-15(13-6-2-3-7-14(13)16)19(23)22-18-10-9-12-5-1-4-8-17(12)21-18/h2-3,6-7,9-10,15-16H,1,4-5,8,11,20H2,(H,21,22,23). The van der Waals surface area contributed by atoms with Crippen LogP contribution < -0.4 is 11.1 Å². The number of nitrogens with zero attached hydrogens (tertiary/aromatic N) is 1. The number of hydrogen-bond donors (Lipinski definition) is 2. The number of anilines is 1. The maximum Gasteiger partial charge on any atom is 0.233 e. The second-order valence-electron chi connectivity index (χ2n) is 6.52. The number of hydrogen-bond acceptors (Lipinski definition) is 3. The van der Waals surface area contributed by atoms with E-state index in [0.29, 0.717) is 12.2 Å². The van der Waals surface area contributed by atoms with Crippen LogP contribution in [0.5, 0.6) is 0 Å². The van der Waals surface area contributed by atoms with Gasteiger partial charge in [0.25, 0.3) is 0 Å². The van der Waals surface area contributed by atoms with Crippen LogP contribution in [-0.2, 0) is 17.6 Å². The third kappa shape index (κ3) is 2.63. The van der Waals surface area contributed by atoms with Gasteiger partial charge in [-0.15, -0.1) is 0 Å². The van der Waals surface area contributed by atoms with Crippen LogP contribution in [0.15, 0.2) is 36.4 Å². The van der Waals surface area contributed by atoms with Crippen LogP contribution in [0, 0.1) is 0 Å². The molecular weight excluding hydrogens is 286 g/mol. The van der Waals surface area contributed by atoms with Gasteiger partial charge in [0.05, 0.1) is 5.92 Å². The third-order valence-electron chi connectivity index (χ3n) is 5.01. The van der Waals surface area contributed by atoms with Gasteiger partial charge in [0, 0.05) is 11.7 Å². The molecule has 3 N–H and O–H groups in total. The lowest BCUT2D eigenvalue weighted by molar-refractivity contribution is -0.117. The summed E-state index contributed by atoms with van der Waals surface area (Å²) in [5, 5.41) is 2.99. The molecule has 4 heteroatoms. The van der Waals surface area contributed by atoms with Crippen molar-refractivity contribution in [2.45, 2.75) is 44.1 Å². The fourth-order valence-electron chi connectivity index (χ4n) is 3.79. The number of benzene rings is 1. The van der Waals surface area contributed by atoms with E-state index >= 15 is 0 Å². The fourth-order valence-corrected chi connectivity index (χ4v) is 3.79. The first kappa shape index (κ1) is 14.4. The van der Waals surface area contributed by atoms with Crippen molar-refractivity contribution in [2.75, 3.05) is 5.32 Å². The van der Waals surface area contributed by atoms with Crippen molar-refractivity contribution < 1.29 is 4.79 Å². The molecule has 0 aliphatic heterocycles. The zero-order valence-electron chi connectivity index (χ0n) is 13.1. The van der Waals surface area contributed by atoms with Crippen LogP contribution in [0.3, 0.4) is 0 Å². The Labute approximate surface area is 136 Å². The van der Waals surface area contributed by atoms with E-state index in [0.717, 1.165) is 29.7 Å². The number of nitrogens with one attached hydrogen (secondary N) is 1. The summed E-state index contributed by atoms with van der Waals surface area (Å²) in [4.78, 5) is 17.3. The summed E-state index contributed by atoms with van der Waals surface area (Å²) in [6, 6.07) is 11.9. The third-order valence-corrected chi connectivity index (χ3v) is 5.01. The average molecular weight is 307 g/mol. The van der Waals surface area contributed by atoms with E-state index in [1.807, 2.05) is 30.3 Å². The lowest BCUT2D eigenvalue weighted by atomic mass is 9.96. The Morgan fingerprint density at radius 1 is 1.09 bits per heavy atom. The summed E-state index contributed by atoms with van der Waals surface area (Å²) < 4.78 is 0. The zero-order valence-corrected chi connectivity index (χ0v) is 13.1. The monoisotopic (exact) mass is 307 g/mol. The van der Waals surface area contributed by atoms with E-state index in [2.05, 4.69) is 16.4 Å². The Bertz CT molecular complexity index is 756. The quantitative estimate of drug-likeness (QED) is 0.896. The van der Waals surface area contributed by atoms with E-state index in [4.69, 9.17) is 5.73 Å². The highest BCUT2D eigenvalue weighted by atomic mass is 16.1. The first-order chi connectivity index (χ1) is 11.2. The van der Waals surface area contributed by atoms with E-state index in [9.17, 15) is 4.79 Å². The number of aromatic nitrogens is 1. The van der Waals surface area contributed by atoms with Gasteiger partial charge in [-0.25, -0.2) is 4.98 Å². The van der Waals surface area contributed by atoms with Crippen LogP contribution in [0.2, 0.25) is 0 Å². The number of amides is 1. The van der Waals surface area contributed by atoms with E-state index < -0.39 is 0 Å². The predicted octanol–water partition coefficient (Wildman–Crippen LogP) is 3.09. The normalized spacial score (nSPS) is 22.3. The van der Waals surface area contributed by atoms with Crippen LogP contribution >= 0.6 is 0 Å². The topological polar surface area (TPSA) is 68.0 Å². The number of aryl methyl sites for hydroxylation is 2. The van der Waals surface area contributed by atoms with E-state index in [-0.39, 0.29) is 17.9 Å². The molecule has 0 saturated carbocycles. The van der Waals surface area contributed by atoms with Gasteiger partial charge < -0.3 is 11.1 Å². The molecule has 0 saturated heterocycles. The Hall–Kier alpha value is -2.20. The maximum absolute atomic E-state index is 12.7. The smallest absolute Gasteiger partial charge is 0.233 e. The van der Waals surface area contributed by atoms with Gasteiger partial charge in [0.2, 0.25) is 5.91 Å². The Morgan fingerprint density at radius 3 is 2.74 bits per heavy atom. The lowest BCUT2D eigenvalue weighted by Crippen LogP contribution is -2.21. The largest absolute Gasteiger partial charge is 0.324 e. The molecule has 0 spiro atoms. The Kier molecular flexibility index (Phi) is 3.62. The number of carbonyl (C=O) groups is 1. The molecule has 2 aliphatic rings. The molecule has 0 bridgehead atoms. The molecule has 2 atom stereocenters. The molecule has 2 aliphatic carbocycles. The van der Waals surface area contributed by atoms with Crippen molar-refractivity contribution in [3.8, 4) is 0 Å². The molecule has 23 heavy (non-hydrogen) atoms. The number of rotatable bonds is 2. The average Bonchev–Trinajstić information content (AvgIpc) is 2.92. The maximum atomic E-state index is 12.7. The van der Waals surface area contributed by atoms with Crippen LogP contribution in [0.4, 0.5) is 5.82 Å². The second-order valence-corrected chi connectivity index (χ2v) is 6.52. The molecule has 4 rings (SSSR count). The molecule has 1 aromatic carbocycles. The first-order valence-corrected chi connectivity index (χ1v) is 8.36. The molecule has 118 valence electrons. The van der Waals surface area contributed by atoms with Crippen LogP contribution in [-0.4, -0.2) is 10.9 Å². The van der Waals surface area contributed by atoms with Gasteiger partial charge in [0.1, 0.15) is 5.82 Å². The van der Waals surface area contributed by atoms with Crippen molar-refractivity contribution in [3.63, 3.8) is 0 Å². The summed E-state index contributed by atoms with van der Waals surface area (Å²) in [5.41, 5.74) is 10.8. The van der Waals surface area contributed by atoms with E-state index in [1.54, 1.807) is 0 Å². The van der Waals surface area contributed by atoms with Crippen LogP contribution in [0.25, 0.3) is 0 Å². The summed E-state index contributed by atoms with van der Waals surface area (Å²) in [5.74, 6) is 0.473. The van der Waals surface area contributed by atoms with Gasteiger partial charge in [-0.1, -0.05) is 30.3 Å². The molecule has 4 nitrogen and oxygen atoms in total. The van der Waals surface area contributed by atoms with Gasteiger partial charge in [-0.2, -0.15) is 0 Å². The van der Waals surface area contributed by atoms with Crippen LogP contribution in [0.1, 0.15) is 53.6 Å². The summed E-state index contributed by atoms with van der Waals surface area (Å²) in [6.07, 6.45) is 5.19. The number of nitrogens with two attached hydrogens (primary N) is 1. The highest BCUT2D eigenvalue weighted by Crippen LogP contribution is 2.39. The molecular formula is C19H21N3O. The molecule has 2 aromatic rings. The minimum Gasteiger partial charge on any atom is -0.324 e. The van der Waals surface area contributed by atoms with Crippen molar-refractivity contribution in [3.05, 3.63) is 58.8 Å². The van der Waals surface area contributed by atoms with Crippen molar-refractivity contribution in [1.29, 1.82) is 0 Å². The molecule has 1 amide bonds. The first-order valence-electron chi connectivity index (χ1n) is 8.36. The molecule has 2 unspecified atom stereocenters. The van der Waals surface area contributed by atoms with Crippen molar-refractivity contribution >= 4 is 11.7 Å². The van der Waals surface area contributed by atoms with Gasteiger partial charge >= 0.3 is 0 Å². The number of fused-ring (bicyclic) bond motifs is 2. The molecule has 1 heterocycles. The van der Waals surface area contributed by atoms with Crippen molar-refractivity contribution in [1.82, 2.24) is 4.98 Å². The highest BCUT2D eigenvalue weighted by molar-refractivity contribution is 5.96. The fraction of sp³-hybridized carbons (Fsp3) is 0.368. The predicted molar refractivity (Wildman–Crippen MR) is 90.2 cm³/mol. The summed E-state index contributed by atoms with van der Waals surface area (Å²) in [6.45, 7) is 0. The SMILES string of the molecule is NC1CC(C(=O)Nc2ccc3c(n2)CCCC3)c2ccccc21. The van der Waals surface area contributed by atoms with Gasteiger partial charge in [-0.3, -0.25) is 4.79 Å². The Balaban J connectivity index is 1.55. The highest BCUT2D eigenvalue weighted by Gasteiger charge is 2.33. The van der Waals surface area contributed by atoms with E-state index in [1.165, 1.54) is 18.4 Å². The number of pyridine rings is 1. The Morgan fingerprint density at radius 2 is 1.87 bits per heavy atom.